The first kappa shape index (κ1) is 13.7. The maximum atomic E-state index is 13.7. The van der Waals surface area contributed by atoms with E-state index in [1.165, 1.54) is 12.1 Å². The van der Waals surface area contributed by atoms with E-state index in [1.807, 2.05) is 0 Å². The summed E-state index contributed by atoms with van der Waals surface area (Å²) in [4.78, 5) is 0. The SMILES string of the molecule is CC(C)P1(=O)OCCC(c2cccc(F)c2F)O1. The Hall–Kier alpha value is -0.770. The fourth-order valence-electron chi connectivity index (χ4n) is 1.80. The van der Waals surface area contributed by atoms with Crippen LogP contribution in [0.4, 0.5) is 8.78 Å². The lowest BCUT2D eigenvalue weighted by molar-refractivity contribution is 0.0755. The summed E-state index contributed by atoms with van der Waals surface area (Å²) < 4.78 is 49.6. The van der Waals surface area contributed by atoms with Crippen LogP contribution in [0.5, 0.6) is 0 Å². The first-order chi connectivity index (χ1) is 8.44. The van der Waals surface area contributed by atoms with Crippen LogP contribution in [-0.2, 0) is 13.6 Å². The van der Waals surface area contributed by atoms with Gasteiger partial charge in [-0.05, 0) is 6.07 Å². The van der Waals surface area contributed by atoms with Crippen molar-refractivity contribution >= 4 is 7.60 Å². The van der Waals surface area contributed by atoms with Crippen molar-refractivity contribution in [3.8, 4) is 0 Å². The Morgan fingerprint density at radius 1 is 1.39 bits per heavy atom. The zero-order valence-electron chi connectivity index (χ0n) is 10.2. The van der Waals surface area contributed by atoms with Crippen molar-refractivity contribution in [2.24, 2.45) is 0 Å². The molecule has 0 bridgehead atoms. The van der Waals surface area contributed by atoms with Gasteiger partial charge in [0, 0.05) is 12.0 Å². The van der Waals surface area contributed by atoms with Gasteiger partial charge in [0.1, 0.15) is 0 Å². The van der Waals surface area contributed by atoms with Gasteiger partial charge in [-0.25, -0.2) is 8.78 Å². The summed E-state index contributed by atoms with van der Waals surface area (Å²) in [6.45, 7) is 3.65. The molecule has 1 aromatic carbocycles. The molecule has 1 aliphatic heterocycles. The van der Waals surface area contributed by atoms with Crippen molar-refractivity contribution in [3.05, 3.63) is 35.4 Å². The molecule has 0 aromatic heterocycles. The Bertz CT molecular complexity index is 490. The first-order valence-electron chi connectivity index (χ1n) is 5.80. The molecule has 0 radical (unpaired) electrons. The van der Waals surface area contributed by atoms with Crippen molar-refractivity contribution < 1.29 is 22.4 Å². The maximum absolute atomic E-state index is 13.7. The third kappa shape index (κ3) is 2.48. The Kier molecular flexibility index (Phi) is 3.85. The molecule has 0 saturated carbocycles. The van der Waals surface area contributed by atoms with Crippen LogP contribution in [0.3, 0.4) is 0 Å². The highest BCUT2D eigenvalue weighted by molar-refractivity contribution is 7.54. The van der Waals surface area contributed by atoms with Gasteiger partial charge in [0.2, 0.25) is 0 Å². The molecule has 1 aliphatic rings. The number of hydrogen-bond donors (Lipinski definition) is 0. The van der Waals surface area contributed by atoms with Crippen LogP contribution in [0, 0.1) is 11.6 Å². The molecule has 0 aliphatic carbocycles. The van der Waals surface area contributed by atoms with Gasteiger partial charge in [-0.15, -0.1) is 0 Å². The molecule has 2 rings (SSSR count). The molecule has 1 aromatic rings. The summed E-state index contributed by atoms with van der Waals surface area (Å²) in [6.07, 6.45) is -0.362. The predicted octanol–water partition coefficient (Wildman–Crippen LogP) is 4.04. The van der Waals surface area contributed by atoms with Crippen molar-refractivity contribution in [2.45, 2.75) is 32.0 Å². The topological polar surface area (TPSA) is 35.5 Å². The van der Waals surface area contributed by atoms with Crippen molar-refractivity contribution in [2.75, 3.05) is 6.61 Å². The minimum atomic E-state index is -3.23. The average Bonchev–Trinajstić information content (AvgIpc) is 2.32. The van der Waals surface area contributed by atoms with Crippen LogP contribution < -0.4 is 0 Å². The normalized spacial score (nSPS) is 28.6. The zero-order valence-corrected chi connectivity index (χ0v) is 11.1. The Labute approximate surface area is 105 Å². The van der Waals surface area contributed by atoms with Crippen LogP contribution >= 0.6 is 7.60 Å². The summed E-state index contributed by atoms with van der Waals surface area (Å²) in [6, 6.07) is 3.89. The lowest BCUT2D eigenvalue weighted by atomic mass is 10.1. The van der Waals surface area contributed by atoms with Crippen molar-refractivity contribution in [1.29, 1.82) is 0 Å². The van der Waals surface area contributed by atoms with Crippen LogP contribution in [0.25, 0.3) is 0 Å². The molecule has 6 heteroatoms. The van der Waals surface area contributed by atoms with Crippen LogP contribution in [0.2, 0.25) is 0 Å². The number of hydrogen-bond acceptors (Lipinski definition) is 3. The Morgan fingerprint density at radius 2 is 2.11 bits per heavy atom. The molecular weight excluding hydrogens is 261 g/mol. The number of rotatable bonds is 2. The van der Waals surface area contributed by atoms with E-state index in [9.17, 15) is 13.3 Å². The summed E-state index contributed by atoms with van der Waals surface area (Å²) in [7, 11) is -3.23. The van der Waals surface area contributed by atoms with Gasteiger partial charge < -0.3 is 9.05 Å². The standard InChI is InChI=1S/C12H15F2O3P/c1-8(2)18(15)16-7-6-11(17-18)9-4-3-5-10(13)12(9)14/h3-5,8,11H,6-7H2,1-2H3. The third-order valence-electron chi connectivity index (χ3n) is 2.89. The van der Waals surface area contributed by atoms with Gasteiger partial charge in [0.15, 0.2) is 11.6 Å². The fraction of sp³-hybridized carbons (Fsp3) is 0.500. The highest BCUT2D eigenvalue weighted by Crippen LogP contribution is 2.59. The van der Waals surface area contributed by atoms with Crippen LogP contribution in [0.15, 0.2) is 18.2 Å². The third-order valence-corrected chi connectivity index (χ3v) is 5.24. The molecule has 2 unspecified atom stereocenters. The van der Waals surface area contributed by atoms with Crippen molar-refractivity contribution in [1.82, 2.24) is 0 Å². The van der Waals surface area contributed by atoms with E-state index in [4.69, 9.17) is 9.05 Å². The zero-order chi connectivity index (χ0) is 13.3. The summed E-state index contributed by atoms with van der Waals surface area (Å²) in [5.41, 5.74) is -0.212. The van der Waals surface area contributed by atoms with E-state index in [1.54, 1.807) is 13.8 Å². The van der Waals surface area contributed by atoms with Crippen LogP contribution in [0.1, 0.15) is 31.9 Å². The molecule has 0 amide bonds. The molecule has 1 heterocycles. The van der Waals surface area contributed by atoms with Gasteiger partial charge >= 0.3 is 7.60 Å². The van der Waals surface area contributed by atoms with E-state index in [0.717, 1.165) is 6.07 Å². The van der Waals surface area contributed by atoms with Crippen LogP contribution in [-0.4, -0.2) is 12.3 Å². The van der Waals surface area contributed by atoms with E-state index < -0.39 is 25.3 Å². The monoisotopic (exact) mass is 276 g/mol. The Balaban J connectivity index is 2.29. The average molecular weight is 276 g/mol. The molecule has 18 heavy (non-hydrogen) atoms. The lowest BCUT2D eigenvalue weighted by Gasteiger charge is -2.32. The molecule has 1 saturated heterocycles. The largest absolute Gasteiger partial charge is 0.333 e. The highest BCUT2D eigenvalue weighted by Gasteiger charge is 2.38. The smallest absolute Gasteiger partial charge is 0.308 e. The lowest BCUT2D eigenvalue weighted by Crippen LogP contribution is -2.19. The molecule has 1 fully saturated rings. The molecule has 0 spiro atoms. The fourth-order valence-corrected chi connectivity index (χ4v) is 3.34. The maximum Gasteiger partial charge on any atom is 0.333 e. The molecule has 100 valence electrons. The molecule has 0 N–H and O–H groups in total. The second kappa shape index (κ2) is 5.08. The first-order valence-corrected chi connectivity index (χ1v) is 7.42. The second-order valence-electron chi connectivity index (χ2n) is 4.49. The predicted molar refractivity (Wildman–Crippen MR) is 63.5 cm³/mol. The van der Waals surface area contributed by atoms with E-state index in [2.05, 4.69) is 0 Å². The minimum Gasteiger partial charge on any atom is -0.308 e. The summed E-state index contributed by atoms with van der Waals surface area (Å²) >= 11 is 0. The van der Waals surface area contributed by atoms with Gasteiger partial charge in [-0.1, -0.05) is 26.0 Å². The second-order valence-corrected chi connectivity index (χ2v) is 7.07. The van der Waals surface area contributed by atoms with Gasteiger partial charge in [0.05, 0.1) is 18.4 Å². The molecule has 3 nitrogen and oxygen atoms in total. The molecule has 2 atom stereocenters. The number of halogens is 2. The van der Waals surface area contributed by atoms with E-state index in [-0.39, 0.29) is 17.8 Å². The van der Waals surface area contributed by atoms with Gasteiger partial charge in [0.25, 0.3) is 0 Å². The van der Waals surface area contributed by atoms with Gasteiger partial charge in [-0.3, -0.25) is 4.57 Å². The van der Waals surface area contributed by atoms with Crippen molar-refractivity contribution in [3.63, 3.8) is 0 Å². The van der Waals surface area contributed by atoms with Gasteiger partial charge in [-0.2, -0.15) is 0 Å². The summed E-state index contributed by atoms with van der Waals surface area (Å²) in [5.74, 6) is -1.87. The quantitative estimate of drug-likeness (QED) is 0.764. The Morgan fingerprint density at radius 3 is 2.78 bits per heavy atom. The minimum absolute atomic E-state index is 0.0965. The number of benzene rings is 1. The highest BCUT2D eigenvalue weighted by atomic mass is 31.2. The van der Waals surface area contributed by atoms with E-state index in [0.29, 0.717) is 6.42 Å². The molecular formula is C12H15F2O3P. The summed E-state index contributed by atoms with van der Waals surface area (Å²) in [5, 5.41) is 0. The van der Waals surface area contributed by atoms with E-state index >= 15 is 0 Å².